The fourth-order valence-electron chi connectivity index (χ4n) is 13.4. The second-order valence-corrected chi connectivity index (χ2v) is 19.7. The molecule has 0 fully saturated rings. The Kier molecular flexibility index (Phi) is 8.71. The Morgan fingerprint density at radius 2 is 0.586 bits per heavy atom. The molecule has 0 spiro atoms. The lowest BCUT2D eigenvalue weighted by Crippen LogP contribution is -2.18. The van der Waals surface area contributed by atoms with Gasteiger partial charge in [0.05, 0.1) is 0 Å². The molecule has 0 bridgehead atoms. The Hall–Kier alpha value is -8.58. The number of allylic oxidation sites excluding steroid dienone is 16. The van der Waals surface area contributed by atoms with E-state index in [1.807, 2.05) is 0 Å². The fourth-order valence-corrected chi connectivity index (χ4v) is 13.4. The number of rotatable bonds is 6. The summed E-state index contributed by atoms with van der Waals surface area (Å²) in [5.74, 6) is 0.962. The van der Waals surface area contributed by atoms with Crippen molar-refractivity contribution in [1.82, 2.24) is 0 Å². The van der Waals surface area contributed by atoms with Crippen LogP contribution in [0.2, 0.25) is 0 Å². The first-order valence-electron chi connectivity index (χ1n) is 24.9. The van der Waals surface area contributed by atoms with Crippen LogP contribution in [0.15, 0.2) is 255 Å². The molecule has 0 aromatic heterocycles. The minimum Gasteiger partial charge on any atom is -0.0767 e. The third-order valence-corrected chi connectivity index (χ3v) is 16.2. The number of hydrogen-bond donors (Lipinski definition) is 0. The SMILES string of the molecule is C1=CC2C=CC=C3c4c(c(-c5ccccc5)c5ccc(C6=CC=C7c8c(c(-c9ccccc9)c9ccc(-c%10ccccc%10)cc9c8-c8ccccc8)C8=CC=CC6C87)cc5c4-c4ccccc4)C(=C1)C32. The summed E-state index contributed by atoms with van der Waals surface area (Å²) in [4.78, 5) is 0. The van der Waals surface area contributed by atoms with Crippen molar-refractivity contribution in [3.8, 4) is 55.6 Å². The van der Waals surface area contributed by atoms with Crippen LogP contribution in [-0.2, 0) is 0 Å². The summed E-state index contributed by atoms with van der Waals surface area (Å²) in [5, 5.41) is 5.18. The molecule has 9 aromatic rings. The van der Waals surface area contributed by atoms with Crippen LogP contribution in [0, 0.1) is 23.7 Å². The Bertz CT molecular complexity index is 3940. The largest absolute Gasteiger partial charge is 0.0767 e. The van der Waals surface area contributed by atoms with Crippen molar-refractivity contribution in [3.63, 3.8) is 0 Å². The summed E-state index contributed by atoms with van der Waals surface area (Å²) in [6, 6.07) is 70.1. The number of hydrogen-bond acceptors (Lipinski definition) is 0. The zero-order chi connectivity index (χ0) is 45.9. The summed E-state index contributed by atoms with van der Waals surface area (Å²) >= 11 is 0. The highest BCUT2D eigenvalue weighted by atomic mass is 14.5. The second-order valence-electron chi connectivity index (χ2n) is 19.7. The molecule has 4 atom stereocenters. The van der Waals surface area contributed by atoms with E-state index in [1.54, 1.807) is 0 Å². The van der Waals surface area contributed by atoms with Gasteiger partial charge in [0, 0.05) is 23.7 Å². The van der Waals surface area contributed by atoms with Crippen LogP contribution in [0.25, 0.3) is 105 Å². The van der Waals surface area contributed by atoms with E-state index in [1.165, 1.54) is 133 Å². The van der Waals surface area contributed by atoms with Crippen LogP contribution in [0.5, 0.6) is 0 Å². The molecule has 6 aliphatic carbocycles. The normalized spacial score (nSPS) is 19.7. The highest BCUT2D eigenvalue weighted by Crippen LogP contribution is 2.63. The number of fused-ring (bicyclic) bond motifs is 8. The van der Waals surface area contributed by atoms with Crippen LogP contribution in [0.4, 0.5) is 0 Å². The van der Waals surface area contributed by atoms with E-state index in [0.29, 0.717) is 11.8 Å². The maximum absolute atomic E-state index is 2.55. The minimum atomic E-state index is 0.148. The first-order chi connectivity index (χ1) is 34.8. The molecule has 0 radical (unpaired) electrons. The van der Waals surface area contributed by atoms with Crippen molar-refractivity contribution >= 4 is 49.4 Å². The van der Waals surface area contributed by atoms with Crippen LogP contribution in [0.3, 0.4) is 0 Å². The topological polar surface area (TPSA) is 0 Å². The molecule has 4 unspecified atom stereocenters. The molecule has 0 aliphatic heterocycles. The Morgan fingerprint density at radius 1 is 0.229 bits per heavy atom. The molecule has 326 valence electrons. The van der Waals surface area contributed by atoms with Crippen LogP contribution >= 0.6 is 0 Å². The predicted molar refractivity (Wildman–Crippen MR) is 296 cm³/mol. The van der Waals surface area contributed by atoms with E-state index in [-0.39, 0.29) is 11.8 Å². The summed E-state index contributed by atoms with van der Waals surface area (Å²) in [6.07, 6.45) is 26.4. The van der Waals surface area contributed by atoms with E-state index in [0.717, 1.165) is 0 Å². The molecule has 0 amide bonds. The summed E-state index contributed by atoms with van der Waals surface area (Å²) in [7, 11) is 0. The minimum absolute atomic E-state index is 0.148. The zero-order valence-corrected chi connectivity index (χ0v) is 38.6. The molecular formula is C70H46. The molecule has 15 rings (SSSR count). The van der Waals surface area contributed by atoms with Gasteiger partial charge in [0.25, 0.3) is 0 Å². The van der Waals surface area contributed by atoms with Gasteiger partial charge in [-0.1, -0.05) is 243 Å². The van der Waals surface area contributed by atoms with E-state index in [2.05, 4.69) is 255 Å². The van der Waals surface area contributed by atoms with Gasteiger partial charge in [0.1, 0.15) is 0 Å². The second kappa shape index (κ2) is 15.5. The Balaban J connectivity index is 0.997. The maximum atomic E-state index is 2.55. The summed E-state index contributed by atoms with van der Waals surface area (Å²) in [5.41, 5.74) is 26.7. The quantitative estimate of drug-likeness (QED) is 0.156. The molecular weight excluding hydrogens is 841 g/mol. The monoisotopic (exact) mass is 886 g/mol. The van der Waals surface area contributed by atoms with Crippen molar-refractivity contribution in [3.05, 3.63) is 283 Å². The van der Waals surface area contributed by atoms with Crippen molar-refractivity contribution in [2.24, 2.45) is 23.7 Å². The van der Waals surface area contributed by atoms with Gasteiger partial charge < -0.3 is 0 Å². The van der Waals surface area contributed by atoms with Gasteiger partial charge >= 0.3 is 0 Å². The highest BCUT2D eigenvalue weighted by Gasteiger charge is 2.45. The predicted octanol–water partition coefficient (Wildman–Crippen LogP) is 18.2. The fraction of sp³-hybridized carbons (Fsp3) is 0.0571. The molecule has 70 heavy (non-hydrogen) atoms. The molecule has 9 aromatic carbocycles. The van der Waals surface area contributed by atoms with Crippen LogP contribution < -0.4 is 0 Å². The van der Waals surface area contributed by atoms with E-state index < -0.39 is 0 Å². The molecule has 0 heteroatoms. The standard InChI is InChI=1S/C70H46/c1-6-19-43(20-7-1)49-35-37-53-59(41-49)64(47-25-12-4-13-26-47)70-58-40-39-51(52-31-18-34-57(66(52)58)69(70)63(53)46-23-10-3-11-24-46)50-36-38-54-60(42-50)65(48-27-14-5-15-28-48)68-56-33-17-30-44-29-16-32-55(61(44)56)67(68)62(54)45-21-8-2-9-22-45/h1-42,44,52,61,66H. The number of benzene rings is 9. The average Bonchev–Trinajstić information content (AvgIpc) is 3.94. The molecule has 6 aliphatic rings. The van der Waals surface area contributed by atoms with Gasteiger partial charge in [-0.3, -0.25) is 0 Å². The lowest BCUT2D eigenvalue weighted by molar-refractivity contribution is 0.707. The lowest BCUT2D eigenvalue weighted by atomic mass is 9.71. The average molecular weight is 887 g/mol. The van der Waals surface area contributed by atoms with Gasteiger partial charge in [0.15, 0.2) is 0 Å². The molecule has 0 saturated carbocycles. The molecule has 0 nitrogen and oxygen atoms in total. The Labute approximate surface area is 409 Å². The first-order valence-corrected chi connectivity index (χ1v) is 24.9. The van der Waals surface area contributed by atoms with Crippen molar-refractivity contribution in [2.75, 3.05) is 0 Å². The van der Waals surface area contributed by atoms with Gasteiger partial charge in [-0.15, -0.1) is 0 Å². The Morgan fingerprint density at radius 3 is 1.06 bits per heavy atom. The first kappa shape index (κ1) is 39.4. The third kappa shape index (κ3) is 5.71. The molecule has 0 heterocycles. The summed E-state index contributed by atoms with van der Waals surface area (Å²) < 4.78 is 0. The van der Waals surface area contributed by atoms with Gasteiger partial charge in [-0.2, -0.15) is 0 Å². The van der Waals surface area contributed by atoms with E-state index in [4.69, 9.17) is 0 Å². The molecule has 0 N–H and O–H groups in total. The van der Waals surface area contributed by atoms with Crippen molar-refractivity contribution in [1.29, 1.82) is 0 Å². The van der Waals surface area contributed by atoms with Crippen LogP contribution in [0.1, 0.15) is 27.8 Å². The smallest absolute Gasteiger partial charge is 0.0206 e. The van der Waals surface area contributed by atoms with Crippen molar-refractivity contribution in [2.45, 2.75) is 0 Å². The van der Waals surface area contributed by atoms with Crippen molar-refractivity contribution < 1.29 is 0 Å². The lowest BCUT2D eigenvalue weighted by Gasteiger charge is -2.32. The van der Waals surface area contributed by atoms with Gasteiger partial charge in [-0.25, -0.2) is 0 Å². The highest BCUT2D eigenvalue weighted by molar-refractivity contribution is 6.21. The zero-order valence-electron chi connectivity index (χ0n) is 38.6. The van der Waals surface area contributed by atoms with E-state index in [9.17, 15) is 0 Å². The third-order valence-electron chi connectivity index (χ3n) is 16.2. The van der Waals surface area contributed by atoms with Crippen LogP contribution in [-0.4, -0.2) is 0 Å². The van der Waals surface area contributed by atoms with Gasteiger partial charge in [0.2, 0.25) is 0 Å². The molecule has 0 saturated heterocycles. The summed E-state index contributed by atoms with van der Waals surface area (Å²) in [6.45, 7) is 0. The maximum Gasteiger partial charge on any atom is 0.0206 e. The van der Waals surface area contributed by atoms with Gasteiger partial charge in [-0.05, 0) is 145 Å². The van der Waals surface area contributed by atoms with E-state index >= 15 is 0 Å².